The van der Waals surface area contributed by atoms with Gasteiger partial charge in [0.1, 0.15) is 5.75 Å². The van der Waals surface area contributed by atoms with E-state index in [0.717, 1.165) is 27.9 Å². The van der Waals surface area contributed by atoms with Gasteiger partial charge in [0, 0.05) is 16.6 Å². The second-order valence-corrected chi connectivity index (χ2v) is 6.23. The number of hydrogen-bond acceptors (Lipinski definition) is 4. The van der Waals surface area contributed by atoms with Gasteiger partial charge in [-0.3, -0.25) is 9.78 Å². The number of amides is 1. The molecule has 26 heavy (non-hydrogen) atoms. The summed E-state index contributed by atoms with van der Waals surface area (Å²) < 4.78 is 5.75. The molecule has 1 aromatic heterocycles. The number of nitrogens with zero attached hydrogens (tertiary/aromatic N) is 2. The third-order valence-corrected chi connectivity index (χ3v) is 3.74. The molecular formula is C21H21N3O2. The van der Waals surface area contributed by atoms with Crippen molar-refractivity contribution in [3.63, 3.8) is 0 Å². The summed E-state index contributed by atoms with van der Waals surface area (Å²) in [6.07, 6.45) is 1.65. The highest BCUT2D eigenvalue weighted by atomic mass is 16.5. The highest BCUT2D eigenvalue weighted by molar-refractivity contribution is 6.06. The minimum absolute atomic E-state index is 0.0605. The summed E-state index contributed by atoms with van der Waals surface area (Å²) in [5.74, 6) is 0.455. The molecule has 0 bridgehead atoms. The van der Waals surface area contributed by atoms with Gasteiger partial charge in [-0.25, -0.2) is 5.43 Å². The number of fused-ring (bicyclic) bond motifs is 1. The number of hydrazone groups is 1. The third kappa shape index (κ3) is 4.06. The third-order valence-electron chi connectivity index (χ3n) is 3.74. The maximum Gasteiger partial charge on any atom is 0.272 e. The van der Waals surface area contributed by atoms with Gasteiger partial charge < -0.3 is 4.74 Å². The van der Waals surface area contributed by atoms with Crippen molar-refractivity contribution in [2.75, 3.05) is 0 Å². The second kappa shape index (κ2) is 7.78. The Kier molecular flexibility index (Phi) is 5.27. The van der Waals surface area contributed by atoms with Crippen LogP contribution in [0.2, 0.25) is 0 Å². The molecule has 0 radical (unpaired) electrons. The van der Waals surface area contributed by atoms with Crippen LogP contribution >= 0.6 is 0 Å². The molecule has 5 heteroatoms. The number of pyridine rings is 1. The van der Waals surface area contributed by atoms with Crippen LogP contribution in [-0.2, 0) is 0 Å². The minimum Gasteiger partial charge on any atom is -0.490 e. The zero-order valence-electron chi connectivity index (χ0n) is 15.1. The Balaban J connectivity index is 1.81. The molecule has 132 valence electrons. The first-order valence-corrected chi connectivity index (χ1v) is 8.50. The number of para-hydroxylation sites is 2. The van der Waals surface area contributed by atoms with E-state index in [-0.39, 0.29) is 12.0 Å². The Morgan fingerprint density at radius 3 is 2.69 bits per heavy atom. The van der Waals surface area contributed by atoms with Crippen LogP contribution in [0.4, 0.5) is 0 Å². The lowest BCUT2D eigenvalue weighted by Gasteiger charge is -2.11. The van der Waals surface area contributed by atoms with Gasteiger partial charge in [-0.15, -0.1) is 0 Å². The zero-order chi connectivity index (χ0) is 18.5. The molecule has 2 aromatic carbocycles. The molecule has 0 fully saturated rings. The number of aryl methyl sites for hydroxylation is 1. The molecule has 0 saturated carbocycles. The van der Waals surface area contributed by atoms with Gasteiger partial charge in [0.15, 0.2) is 0 Å². The van der Waals surface area contributed by atoms with E-state index in [4.69, 9.17) is 4.74 Å². The largest absolute Gasteiger partial charge is 0.490 e. The molecule has 3 aromatic rings. The van der Waals surface area contributed by atoms with Gasteiger partial charge in [-0.2, -0.15) is 5.10 Å². The lowest BCUT2D eigenvalue weighted by atomic mass is 10.1. The maximum absolute atomic E-state index is 12.6. The molecule has 3 rings (SSSR count). The Hall–Kier alpha value is -3.21. The van der Waals surface area contributed by atoms with Crippen LogP contribution in [0.15, 0.2) is 59.7 Å². The quantitative estimate of drug-likeness (QED) is 0.558. The van der Waals surface area contributed by atoms with E-state index in [9.17, 15) is 4.79 Å². The van der Waals surface area contributed by atoms with Crippen molar-refractivity contribution < 1.29 is 9.53 Å². The molecule has 0 aliphatic rings. The van der Waals surface area contributed by atoms with Crippen LogP contribution in [0.1, 0.15) is 35.5 Å². The number of benzene rings is 2. The van der Waals surface area contributed by atoms with Gasteiger partial charge in [-0.1, -0.05) is 30.3 Å². The van der Waals surface area contributed by atoms with Crippen LogP contribution in [0.5, 0.6) is 5.75 Å². The molecule has 5 nitrogen and oxygen atoms in total. The maximum atomic E-state index is 12.6. The molecule has 0 saturated heterocycles. The molecule has 0 aliphatic heterocycles. The van der Waals surface area contributed by atoms with E-state index in [1.807, 2.05) is 69.3 Å². The minimum atomic E-state index is -0.273. The number of carbonyl (C=O) groups is 1. The fourth-order valence-corrected chi connectivity index (χ4v) is 2.66. The van der Waals surface area contributed by atoms with E-state index in [0.29, 0.717) is 5.56 Å². The Morgan fingerprint density at radius 1 is 1.15 bits per heavy atom. The molecular weight excluding hydrogens is 326 g/mol. The van der Waals surface area contributed by atoms with Crippen LogP contribution in [-0.4, -0.2) is 23.2 Å². The molecule has 0 aliphatic carbocycles. The zero-order valence-corrected chi connectivity index (χ0v) is 15.1. The van der Waals surface area contributed by atoms with Crippen molar-refractivity contribution in [3.8, 4) is 5.75 Å². The van der Waals surface area contributed by atoms with Gasteiger partial charge in [0.2, 0.25) is 0 Å². The highest BCUT2D eigenvalue weighted by Gasteiger charge is 2.11. The number of hydrogen-bond donors (Lipinski definition) is 1. The van der Waals surface area contributed by atoms with Crippen molar-refractivity contribution >= 4 is 23.0 Å². The van der Waals surface area contributed by atoms with Crippen molar-refractivity contribution in [1.29, 1.82) is 0 Å². The van der Waals surface area contributed by atoms with Gasteiger partial charge in [0.05, 0.1) is 23.4 Å². The highest BCUT2D eigenvalue weighted by Crippen LogP contribution is 2.19. The monoisotopic (exact) mass is 347 g/mol. The van der Waals surface area contributed by atoms with E-state index in [2.05, 4.69) is 15.5 Å². The fourth-order valence-electron chi connectivity index (χ4n) is 2.66. The van der Waals surface area contributed by atoms with Gasteiger partial charge >= 0.3 is 0 Å². The summed E-state index contributed by atoms with van der Waals surface area (Å²) in [6.45, 7) is 5.80. The first kappa shape index (κ1) is 17.6. The standard InChI is InChI=1S/C21H21N3O2/c1-14(2)26-20-11-7-4-8-16(20)13-22-24-21(25)18-12-15(3)23-19-10-6-5-9-17(18)19/h4-14H,1-3H3,(H,24,25)/b22-13+. The Labute approximate surface area is 152 Å². The Morgan fingerprint density at radius 2 is 1.88 bits per heavy atom. The molecule has 1 heterocycles. The van der Waals surface area contributed by atoms with Crippen molar-refractivity contribution in [2.45, 2.75) is 26.9 Å². The van der Waals surface area contributed by atoms with Crippen LogP contribution in [0.3, 0.4) is 0 Å². The smallest absolute Gasteiger partial charge is 0.272 e. The summed E-state index contributed by atoms with van der Waals surface area (Å²) in [5.41, 5.74) is 5.53. The summed E-state index contributed by atoms with van der Waals surface area (Å²) in [6, 6.07) is 16.9. The molecule has 1 amide bonds. The average molecular weight is 347 g/mol. The van der Waals surface area contributed by atoms with E-state index in [1.165, 1.54) is 0 Å². The summed E-state index contributed by atoms with van der Waals surface area (Å²) in [5, 5.41) is 4.90. The predicted octanol–water partition coefficient (Wildman–Crippen LogP) is 4.09. The first-order chi connectivity index (χ1) is 12.5. The van der Waals surface area contributed by atoms with E-state index >= 15 is 0 Å². The Bertz CT molecular complexity index is 964. The van der Waals surface area contributed by atoms with Gasteiger partial charge in [-0.05, 0) is 45.0 Å². The van der Waals surface area contributed by atoms with E-state index in [1.54, 1.807) is 12.3 Å². The summed E-state index contributed by atoms with van der Waals surface area (Å²) in [7, 11) is 0. The number of ether oxygens (including phenoxy) is 1. The number of aromatic nitrogens is 1. The fraction of sp³-hybridized carbons (Fsp3) is 0.190. The average Bonchev–Trinajstić information content (AvgIpc) is 2.62. The SMILES string of the molecule is Cc1cc(C(=O)N/N=C/c2ccccc2OC(C)C)c2ccccc2n1. The van der Waals surface area contributed by atoms with Crippen LogP contribution < -0.4 is 10.2 Å². The number of rotatable bonds is 5. The lowest BCUT2D eigenvalue weighted by molar-refractivity contribution is 0.0956. The molecule has 0 spiro atoms. The van der Waals surface area contributed by atoms with Crippen molar-refractivity contribution in [3.05, 3.63) is 71.4 Å². The van der Waals surface area contributed by atoms with Crippen LogP contribution in [0.25, 0.3) is 10.9 Å². The molecule has 1 N–H and O–H groups in total. The first-order valence-electron chi connectivity index (χ1n) is 8.50. The topological polar surface area (TPSA) is 63.6 Å². The van der Waals surface area contributed by atoms with Gasteiger partial charge in [0.25, 0.3) is 5.91 Å². The molecule has 0 unspecified atom stereocenters. The summed E-state index contributed by atoms with van der Waals surface area (Å²) in [4.78, 5) is 17.0. The second-order valence-electron chi connectivity index (χ2n) is 6.23. The summed E-state index contributed by atoms with van der Waals surface area (Å²) >= 11 is 0. The molecule has 0 atom stereocenters. The number of nitrogens with one attached hydrogen (secondary N) is 1. The van der Waals surface area contributed by atoms with Crippen molar-refractivity contribution in [2.24, 2.45) is 5.10 Å². The van der Waals surface area contributed by atoms with E-state index < -0.39 is 0 Å². The van der Waals surface area contributed by atoms with Crippen LogP contribution in [0, 0.1) is 6.92 Å². The number of carbonyl (C=O) groups excluding carboxylic acids is 1. The van der Waals surface area contributed by atoms with Crippen molar-refractivity contribution in [1.82, 2.24) is 10.4 Å². The normalized spacial score (nSPS) is 11.2. The lowest BCUT2D eigenvalue weighted by Crippen LogP contribution is -2.18. The predicted molar refractivity (Wildman–Crippen MR) is 104 cm³/mol.